The van der Waals surface area contributed by atoms with E-state index in [1.54, 1.807) is 60.9 Å². The molecule has 2 N–H and O–H groups in total. The third kappa shape index (κ3) is 6.11. The first-order valence-electron chi connectivity index (χ1n) is 10.7. The summed E-state index contributed by atoms with van der Waals surface area (Å²) in [6.07, 6.45) is 2.30. The second-order valence-corrected chi connectivity index (χ2v) is 7.38. The van der Waals surface area contributed by atoms with Crippen LogP contribution in [-0.4, -0.2) is 18.4 Å². The molecule has 33 heavy (non-hydrogen) atoms. The number of amides is 2. The normalized spacial score (nSPS) is 10.4. The lowest BCUT2D eigenvalue weighted by atomic mass is 10.1. The Labute approximate surface area is 192 Å². The van der Waals surface area contributed by atoms with Crippen LogP contribution in [0.4, 0.5) is 5.69 Å². The largest absolute Gasteiger partial charge is 0.492 e. The Morgan fingerprint density at radius 2 is 1.64 bits per heavy atom. The van der Waals surface area contributed by atoms with E-state index in [0.717, 1.165) is 6.42 Å². The third-order valence-corrected chi connectivity index (χ3v) is 5.01. The number of benzene rings is 3. The van der Waals surface area contributed by atoms with Gasteiger partial charge >= 0.3 is 0 Å². The molecular weight excluding hydrogens is 416 g/mol. The lowest BCUT2D eigenvalue weighted by Gasteiger charge is -2.12. The molecule has 0 aliphatic rings. The molecule has 0 saturated carbocycles. The van der Waals surface area contributed by atoms with E-state index in [9.17, 15) is 9.59 Å². The first-order valence-corrected chi connectivity index (χ1v) is 10.7. The highest BCUT2D eigenvalue weighted by Gasteiger charge is 2.14. The summed E-state index contributed by atoms with van der Waals surface area (Å²) in [5.74, 6) is 0.612. The fourth-order valence-corrected chi connectivity index (χ4v) is 3.32. The van der Waals surface area contributed by atoms with Gasteiger partial charge in [0.2, 0.25) is 0 Å². The SMILES string of the molecule is O=C(NCc1ccco1)c1cccc(NC(=O)c2ccccc2OCCc2ccccc2)c1. The van der Waals surface area contributed by atoms with E-state index < -0.39 is 0 Å². The minimum atomic E-state index is -0.307. The number of ether oxygens (including phenoxy) is 1. The van der Waals surface area contributed by atoms with Crippen LogP contribution < -0.4 is 15.4 Å². The highest BCUT2D eigenvalue weighted by atomic mass is 16.5. The highest BCUT2D eigenvalue weighted by Crippen LogP contribution is 2.21. The van der Waals surface area contributed by atoms with Crippen molar-refractivity contribution in [1.82, 2.24) is 5.32 Å². The van der Waals surface area contributed by atoms with Gasteiger partial charge in [0, 0.05) is 17.7 Å². The number of nitrogens with one attached hydrogen (secondary N) is 2. The van der Waals surface area contributed by atoms with Gasteiger partial charge in [0.15, 0.2) is 0 Å². The number of anilines is 1. The smallest absolute Gasteiger partial charge is 0.259 e. The average Bonchev–Trinajstić information content (AvgIpc) is 3.37. The lowest BCUT2D eigenvalue weighted by Crippen LogP contribution is -2.22. The van der Waals surface area contributed by atoms with Gasteiger partial charge in [-0.3, -0.25) is 9.59 Å². The van der Waals surface area contributed by atoms with E-state index in [1.807, 2.05) is 36.4 Å². The maximum Gasteiger partial charge on any atom is 0.259 e. The molecule has 0 radical (unpaired) electrons. The van der Waals surface area contributed by atoms with Gasteiger partial charge in [0.1, 0.15) is 11.5 Å². The quantitative estimate of drug-likeness (QED) is 0.380. The predicted octanol–water partition coefficient (Wildman–Crippen LogP) is 5.08. The van der Waals surface area contributed by atoms with Gasteiger partial charge in [-0.1, -0.05) is 48.5 Å². The maximum absolute atomic E-state index is 12.9. The number of rotatable bonds is 9. The number of carbonyl (C=O) groups is 2. The van der Waals surface area contributed by atoms with E-state index in [0.29, 0.717) is 34.9 Å². The molecule has 0 spiro atoms. The van der Waals surface area contributed by atoms with Gasteiger partial charge < -0.3 is 19.8 Å². The summed E-state index contributed by atoms with van der Waals surface area (Å²) >= 11 is 0. The minimum Gasteiger partial charge on any atom is -0.492 e. The zero-order valence-corrected chi connectivity index (χ0v) is 18.0. The van der Waals surface area contributed by atoms with E-state index in [4.69, 9.17) is 9.15 Å². The first-order chi connectivity index (χ1) is 16.2. The van der Waals surface area contributed by atoms with Gasteiger partial charge in [-0.25, -0.2) is 0 Å². The van der Waals surface area contributed by atoms with Gasteiger partial charge in [-0.2, -0.15) is 0 Å². The van der Waals surface area contributed by atoms with Crippen LogP contribution >= 0.6 is 0 Å². The Morgan fingerprint density at radius 3 is 2.45 bits per heavy atom. The molecular formula is C27H24N2O4. The highest BCUT2D eigenvalue weighted by molar-refractivity contribution is 6.06. The molecule has 6 nitrogen and oxygen atoms in total. The predicted molar refractivity (Wildman–Crippen MR) is 126 cm³/mol. The molecule has 2 amide bonds. The van der Waals surface area contributed by atoms with E-state index >= 15 is 0 Å². The summed E-state index contributed by atoms with van der Waals surface area (Å²) in [6, 6.07) is 27.5. The van der Waals surface area contributed by atoms with Crippen molar-refractivity contribution in [3.63, 3.8) is 0 Å². The summed E-state index contributed by atoms with van der Waals surface area (Å²) in [4.78, 5) is 25.4. The monoisotopic (exact) mass is 440 g/mol. The Bertz CT molecular complexity index is 1200. The topological polar surface area (TPSA) is 80.6 Å². The van der Waals surface area contributed by atoms with Gasteiger partial charge in [0.25, 0.3) is 11.8 Å². The molecule has 4 aromatic rings. The molecule has 166 valence electrons. The molecule has 1 aromatic heterocycles. The van der Waals surface area contributed by atoms with Crippen LogP contribution in [0.2, 0.25) is 0 Å². The second kappa shape index (κ2) is 10.8. The molecule has 3 aromatic carbocycles. The second-order valence-electron chi connectivity index (χ2n) is 7.38. The fourth-order valence-electron chi connectivity index (χ4n) is 3.32. The number of para-hydroxylation sites is 1. The summed E-state index contributed by atoms with van der Waals surface area (Å²) < 4.78 is 11.1. The van der Waals surface area contributed by atoms with Crippen molar-refractivity contribution in [2.24, 2.45) is 0 Å². The minimum absolute atomic E-state index is 0.257. The zero-order chi connectivity index (χ0) is 22.9. The van der Waals surface area contributed by atoms with Crippen molar-refractivity contribution in [1.29, 1.82) is 0 Å². The average molecular weight is 440 g/mol. The van der Waals surface area contributed by atoms with E-state index in [1.165, 1.54) is 5.56 Å². The molecule has 0 aliphatic carbocycles. The van der Waals surface area contributed by atoms with Crippen molar-refractivity contribution < 1.29 is 18.7 Å². The molecule has 0 bridgehead atoms. The van der Waals surface area contributed by atoms with Crippen molar-refractivity contribution in [2.45, 2.75) is 13.0 Å². The molecule has 1 heterocycles. The Kier molecular flexibility index (Phi) is 7.18. The molecule has 0 atom stereocenters. The summed E-state index contributed by atoms with van der Waals surface area (Å²) in [6.45, 7) is 0.746. The molecule has 0 fully saturated rings. The Morgan fingerprint density at radius 1 is 0.818 bits per heavy atom. The molecule has 6 heteroatoms. The van der Waals surface area contributed by atoms with Crippen molar-refractivity contribution in [3.8, 4) is 5.75 Å². The molecule has 4 rings (SSSR count). The van der Waals surface area contributed by atoms with Crippen LogP contribution in [0.25, 0.3) is 0 Å². The summed E-state index contributed by atoms with van der Waals surface area (Å²) in [5.41, 5.74) is 2.55. The Balaban J connectivity index is 1.38. The number of hydrogen-bond acceptors (Lipinski definition) is 4. The van der Waals surface area contributed by atoms with E-state index in [-0.39, 0.29) is 18.4 Å². The Hall–Kier alpha value is -4.32. The van der Waals surface area contributed by atoms with Crippen LogP contribution in [-0.2, 0) is 13.0 Å². The molecule has 0 aliphatic heterocycles. The van der Waals surface area contributed by atoms with E-state index in [2.05, 4.69) is 10.6 Å². The van der Waals surface area contributed by atoms with Gasteiger partial charge in [-0.15, -0.1) is 0 Å². The van der Waals surface area contributed by atoms with Crippen LogP contribution in [0.15, 0.2) is 102 Å². The van der Waals surface area contributed by atoms with Crippen molar-refractivity contribution in [3.05, 3.63) is 120 Å². The maximum atomic E-state index is 12.9. The lowest BCUT2D eigenvalue weighted by molar-refractivity contribution is 0.0946. The number of carbonyl (C=O) groups excluding carboxylic acids is 2. The van der Waals surface area contributed by atoms with Crippen LogP contribution in [0.3, 0.4) is 0 Å². The summed E-state index contributed by atoms with van der Waals surface area (Å²) in [5, 5.41) is 5.65. The van der Waals surface area contributed by atoms with Crippen molar-refractivity contribution in [2.75, 3.05) is 11.9 Å². The van der Waals surface area contributed by atoms with Crippen LogP contribution in [0.5, 0.6) is 5.75 Å². The summed E-state index contributed by atoms with van der Waals surface area (Å²) in [7, 11) is 0. The molecule has 0 saturated heterocycles. The molecule has 0 unspecified atom stereocenters. The van der Waals surface area contributed by atoms with Gasteiger partial charge in [-0.05, 0) is 48.0 Å². The van der Waals surface area contributed by atoms with Crippen LogP contribution in [0.1, 0.15) is 32.0 Å². The fraction of sp³-hybridized carbons (Fsp3) is 0.111. The number of hydrogen-bond donors (Lipinski definition) is 2. The van der Waals surface area contributed by atoms with Crippen molar-refractivity contribution >= 4 is 17.5 Å². The standard InChI is InChI=1S/C27H24N2O4/c30-26(28-19-23-12-7-16-32-23)21-10-6-11-22(18-21)29-27(31)24-13-4-5-14-25(24)33-17-15-20-8-2-1-3-9-20/h1-14,16,18H,15,17,19H2,(H,28,30)(H,29,31). The number of furan rings is 1. The first kappa shape index (κ1) is 21.9. The van der Waals surface area contributed by atoms with Crippen LogP contribution in [0, 0.1) is 0 Å². The zero-order valence-electron chi connectivity index (χ0n) is 18.0. The van der Waals surface area contributed by atoms with Gasteiger partial charge in [0.05, 0.1) is 25.0 Å². The third-order valence-electron chi connectivity index (χ3n) is 5.01.